The molecule has 0 saturated carbocycles. The molecule has 0 atom stereocenters. The number of benzene rings is 1. The molecule has 0 aliphatic rings. The molecule has 0 radical (unpaired) electrons. The predicted octanol–water partition coefficient (Wildman–Crippen LogP) is 2.65. The smallest absolute Gasteiger partial charge is 0.257 e. The van der Waals surface area contributed by atoms with E-state index in [-0.39, 0.29) is 12.5 Å². The van der Waals surface area contributed by atoms with E-state index in [1.54, 1.807) is 31.5 Å². The van der Waals surface area contributed by atoms with E-state index in [1.807, 2.05) is 18.2 Å². The van der Waals surface area contributed by atoms with Crippen LogP contribution in [0.3, 0.4) is 0 Å². The Kier molecular flexibility index (Phi) is 10.1. The number of aliphatic imine (C=N–C) groups is 1. The minimum Gasteiger partial charge on any atom is -0.392 e. The number of aryl methyl sites for hydroxylation is 1. The van der Waals surface area contributed by atoms with E-state index in [9.17, 15) is 9.90 Å². The highest BCUT2D eigenvalue weighted by Crippen LogP contribution is 2.18. The number of nitrogens with one attached hydrogen (secondary N) is 2. The number of allylic oxidation sites excluding steroid dienone is 2. The normalized spacial score (nSPS) is 11.4. The lowest BCUT2D eigenvalue weighted by molar-refractivity contribution is 0.0967. The molecule has 8 heteroatoms. The molecule has 2 aromatic rings. The molecule has 31 heavy (non-hydrogen) atoms. The van der Waals surface area contributed by atoms with Crippen LogP contribution in [0.15, 0.2) is 60.0 Å². The van der Waals surface area contributed by atoms with Gasteiger partial charge in [0.1, 0.15) is 0 Å². The van der Waals surface area contributed by atoms with Crippen LogP contribution >= 0.6 is 11.6 Å². The molecule has 5 N–H and O–H groups in total. The molecular formula is C23H28ClN5O2. The third kappa shape index (κ3) is 7.73. The largest absolute Gasteiger partial charge is 0.392 e. The van der Waals surface area contributed by atoms with Crippen LogP contribution in [0.5, 0.6) is 0 Å². The van der Waals surface area contributed by atoms with Crippen molar-refractivity contribution in [3.63, 3.8) is 0 Å². The maximum Gasteiger partial charge on any atom is 0.257 e. The fourth-order valence-electron chi connectivity index (χ4n) is 2.86. The number of rotatable bonds is 11. The first kappa shape index (κ1) is 24.4. The van der Waals surface area contributed by atoms with E-state index >= 15 is 0 Å². The van der Waals surface area contributed by atoms with Gasteiger partial charge in [-0.2, -0.15) is 0 Å². The molecule has 1 heterocycles. The maximum atomic E-state index is 12.3. The lowest BCUT2D eigenvalue weighted by atomic mass is 10.0. The fraction of sp³-hybridized carbons (Fsp3) is 0.261. The first-order valence-electron chi connectivity index (χ1n) is 9.85. The van der Waals surface area contributed by atoms with Crippen molar-refractivity contribution in [3.05, 3.63) is 87.9 Å². The molecule has 0 unspecified atom stereocenters. The van der Waals surface area contributed by atoms with E-state index < -0.39 is 0 Å². The summed E-state index contributed by atoms with van der Waals surface area (Å²) in [6, 6.07) is 5.87. The Morgan fingerprint density at radius 1 is 1.35 bits per heavy atom. The van der Waals surface area contributed by atoms with Crippen molar-refractivity contribution in [2.24, 2.45) is 10.7 Å². The van der Waals surface area contributed by atoms with E-state index in [2.05, 4.69) is 27.2 Å². The second-order valence-corrected chi connectivity index (χ2v) is 7.26. The summed E-state index contributed by atoms with van der Waals surface area (Å²) in [4.78, 5) is 20.6. The van der Waals surface area contributed by atoms with Gasteiger partial charge in [0.25, 0.3) is 5.91 Å². The van der Waals surface area contributed by atoms with Gasteiger partial charge in [-0.05, 0) is 41.3 Å². The van der Waals surface area contributed by atoms with E-state index in [4.69, 9.17) is 17.3 Å². The van der Waals surface area contributed by atoms with Gasteiger partial charge in [-0.15, -0.1) is 0 Å². The third-order valence-electron chi connectivity index (χ3n) is 4.49. The Morgan fingerprint density at radius 2 is 2.16 bits per heavy atom. The zero-order valence-electron chi connectivity index (χ0n) is 17.6. The van der Waals surface area contributed by atoms with Crippen LogP contribution in [-0.2, 0) is 19.7 Å². The molecule has 0 fully saturated rings. The van der Waals surface area contributed by atoms with Gasteiger partial charge in [-0.25, -0.2) is 0 Å². The maximum absolute atomic E-state index is 12.3. The summed E-state index contributed by atoms with van der Waals surface area (Å²) in [7, 11) is 0. The van der Waals surface area contributed by atoms with Crippen molar-refractivity contribution in [1.82, 2.24) is 15.6 Å². The van der Waals surface area contributed by atoms with Crippen LogP contribution in [0.4, 0.5) is 0 Å². The van der Waals surface area contributed by atoms with Crippen molar-refractivity contribution in [2.45, 2.75) is 26.6 Å². The molecule has 0 aliphatic carbocycles. The Hall–Kier alpha value is -2.84. The minimum atomic E-state index is -0.331. The SMILES string of the molecule is C=C(/C=C\C=NCCNCc1ccc(CN)cc1CO)NC(=O)c1c(C)cncc1Cl. The van der Waals surface area contributed by atoms with Gasteiger partial charge in [0.15, 0.2) is 0 Å². The van der Waals surface area contributed by atoms with Crippen molar-refractivity contribution in [2.75, 3.05) is 13.1 Å². The molecule has 0 spiro atoms. The lowest BCUT2D eigenvalue weighted by Gasteiger charge is -2.10. The quantitative estimate of drug-likeness (QED) is 0.243. The topological polar surface area (TPSA) is 113 Å². The fourth-order valence-corrected chi connectivity index (χ4v) is 3.15. The van der Waals surface area contributed by atoms with Crippen LogP contribution < -0.4 is 16.4 Å². The average Bonchev–Trinajstić information content (AvgIpc) is 2.75. The highest BCUT2D eigenvalue weighted by Gasteiger charge is 2.13. The minimum absolute atomic E-state index is 0.0127. The van der Waals surface area contributed by atoms with Crippen molar-refractivity contribution in [3.8, 4) is 0 Å². The van der Waals surface area contributed by atoms with Crippen LogP contribution in [0, 0.1) is 6.92 Å². The van der Waals surface area contributed by atoms with Crippen LogP contribution in [0.2, 0.25) is 5.02 Å². The molecule has 0 aliphatic heterocycles. The van der Waals surface area contributed by atoms with Crippen molar-refractivity contribution >= 4 is 23.7 Å². The Balaban J connectivity index is 1.72. The zero-order chi connectivity index (χ0) is 22.6. The number of nitrogens with zero attached hydrogens (tertiary/aromatic N) is 2. The number of halogens is 1. The summed E-state index contributed by atoms with van der Waals surface area (Å²) in [6.45, 7) is 7.94. The second kappa shape index (κ2) is 12.8. The summed E-state index contributed by atoms with van der Waals surface area (Å²) in [6.07, 6.45) is 8.03. The lowest BCUT2D eigenvalue weighted by Crippen LogP contribution is -2.22. The number of hydrogen-bond donors (Lipinski definition) is 4. The number of aromatic nitrogens is 1. The number of carbonyl (C=O) groups excluding carboxylic acids is 1. The van der Waals surface area contributed by atoms with E-state index in [0.717, 1.165) is 16.7 Å². The average molecular weight is 442 g/mol. The van der Waals surface area contributed by atoms with Crippen molar-refractivity contribution in [1.29, 1.82) is 0 Å². The number of amides is 1. The second-order valence-electron chi connectivity index (χ2n) is 6.85. The molecule has 0 bridgehead atoms. The number of pyridine rings is 1. The Morgan fingerprint density at radius 3 is 2.87 bits per heavy atom. The van der Waals surface area contributed by atoms with Gasteiger partial charge in [0, 0.05) is 43.9 Å². The van der Waals surface area contributed by atoms with E-state index in [0.29, 0.717) is 48.0 Å². The van der Waals surface area contributed by atoms with Gasteiger partial charge in [-0.1, -0.05) is 36.4 Å². The van der Waals surface area contributed by atoms with Crippen LogP contribution in [-0.4, -0.2) is 35.3 Å². The van der Waals surface area contributed by atoms with Gasteiger partial charge >= 0.3 is 0 Å². The van der Waals surface area contributed by atoms with Crippen LogP contribution in [0.1, 0.15) is 32.6 Å². The van der Waals surface area contributed by atoms with Crippen LogP contribution in [0.25, 0.3) is 0 Å². The monoisotopic (exact) mass is 441 g/mol. The third-order valence-corrected chi connectivity index (χ3v) is 4.78. The van der Waals surface area contributed by atoms with Crippen molar-refractivity contribution < 1.29 is 9.90 Å². The summed E-state index contributed by atoms with van der Waals surface area (Å²) in [5.41, 5.74) is 10.1. The first-order valence-corrected chi connectivity index (χ1v) is 10.2. The molecule has 7 nitrogen and oxygen atoms in total. The van der Waals surface area contributed by atoms with Gasteiger partial charge in [0.05, 0.1) is 23.7 Å². The van der Waals surface area contributed by atoms with Gasteiger partial charge in [0.2, 0.25) is 0 Å². The summed E-state index contributed by atoms with van der Waals surface area (Å²) >= 11 is 6.05. The standard InChI is InChI=1S/C23H28ClN5O2/c1-16-12-28-14-21(24)22(16)23(31)29-17(2)4-3-7-26-8-9-27-13-19-6-5-18(11-25)10-20(19)15-30/h3-7,10,12,14,27,30H,2,8-9,11,13,15,25H2,1H3,(H,29,31)/b4-3-,26-7?. The zero-order valence-corrected chi connectivity index (χ0v) is 18.3. The predicted molar refractivity (Wildman–Crippen MR) is 125 cm³/mol. The number of carbonyl (C=O) groups is 1. The Labute approximate surface area is 187 Å². The summed E-state index contributed by atoms with van der Waals surface area (Å²) < 4.78 is 0. The molecule has 2 rings (SSSR count). The molecule has 164 valence electrons. The van der Waals surface area contributed by atoms with Gasteiger partial charge < -0.3 is 21.5 Å². The van der Waals surface area contributed by atoms with E-state index in [1.165, 1.54) is 6.20 Å². The molecule has 0 saturated heterocycles. The molecule has 1 amide bonds. The number of nitrogens with two attached hydrogens (primary N) is 1. The molecule has 1 aromatic carbocycles. The number of aliphatic hydroxyl groups is 1. The number of hydrogen-bond acceptors (Lipinski definition) is 6. The molecule has 1 aromatic heterocycles. The van der Waals surface area contributed by atoms with Gasteiger partial charge in [-0.3, -0.25) is 14.8 Å². The Bertz CT molecular complexity index is 952. The summed E-state index contributed by atoms with van der Waals surface area (Å²) in [5, 5.41) is 15.8. The first-order chi connectivity index (χ1) is 15.0. The summed E-state index contributed by atoms with van der Waals surface area (Å²) in [5.74, 6) is -0.331. The highest BCUT2D eigenvalue weighted by molar-refractivity contribution is 6.33. The number of aliphatic hydroxyl groups excluding tert-OH is 1. The molecular weight excluding hydrogens is 414 g/mol. The highest BCUT2D eigenvalue weighted by atomic mass is 35.5.